The van der Waals surface area contributed by atoms with Gasteiger partial charge in [0.2, 0.25) is 5.91 Å². The Morgan fingerprint density at radius 2 is 1.76 bits per heavy atom. The van der Waals surface area contributed by atoms with Crippen LogP contribution in [0, 0.1) is 5.41 Å². The molecule has 1 N–H and O–H groups in total. The highest BCUT2D eigenvalue weighted by Crippen LogP contribution is 2.20. The van der Waals surface area contributed by atoms with Crippen molar-refractivity contribution in [3.63, 3.8) is 0 Å². The van der Waals surface area contributed by atoms with Crippen molar-refractivity contribution < 1.29 is 9.53 Å². The maximum absolute atomic E-state index is 12.0. The van der Waals surface area contributed by atoms with Crippen molar-refractivity contribution in [3.05, 3.63) is 59.9 Å². The van der Waals surface area contributed by atoms with E-state index in [1.165, 1.54) is 5.56 Å². The van der Waals surface area contributed by atoms with E-state index in [4.69, 9.17) is 9.72 Å². The fourth-order valence-corrected chi connectivity index (χ4v) is 3.82. The largest absolute Gasteiger partial charge is 0.492 e. The molecule has 178 valence electrons. The smallest absolute Gasteiger partial charge is 0.225 e. The Labute approximate surface area is 198 Å². The van der Waals surface area contributed by atoms with Crippen LogP contribution in [-0.4, -0.2) is 28.6 Å². The average molecular weight is 450 g/mol. The minimum Gasteiger partial charge on any atom is -0.492 e. The zero-order chi connectivity index (χ0) is 23.8. The lowest BCUT2D eigenvalue weighted by Crippen LogP contribution is -2.35. The number of benzene rings is 2. The molecule has 0 aliphatic rings. The summed E-state index contributed by atoms with van der Waals surface area (Å²) in [7, 11) is 0. The highest BCUT2D eigenvalue weighted by Gasteiger charge is 2.20. The maximum Gasteiger partial charge on any atom is 0.225 e. The number of hydrogen-bond acceptors (Lipinski definition) is 3. The normalized spacial score (nSPS) is 11.8. The molecule has 0 aliphatic carbocycles. The van der Waals surface area contributed by atoms with Gasteiger partial charge >= 0.3 is 0 Å². The van der Waals surface area contributed by atoms with E-state index in [9.17, 15) is 4.79 Å². The molecule has 5 heteroatoms. The number of hydrogen-bond donors (Lipinski definition) is 1. The van der Waals surface area contributed by atoms with Gasteiger partial charge in [0.15, 0.2) is 0 Å². The number of ether oxygens (including phenoxy) is 1. The van der Waals surface area contributed by atoms with Gasteiger partial charge in [-0.1, -0.05) is 65.3 Å². The molecule has 0 bridgehead atoms. The second-order valence-electron chi connectivity index (χ2n) is 10.1. The molecule has 0 fully saturated rings. The number of aryl methyl sites for hydroxylation is 1. The molecule has 5 nitrogen and oxygen atoms in total. The highest BCUT2D eigenvalue weighted by atomic mass is 16.5. The van der Waals surface area contributed by atoms with E-state index >= 15 is 0 Å². The van der Waals surface area contributed by atoms with Crippen LogP contribution in [0.1, 0.15) is 71.2 Å². The summed E-state index contributed by atoms with van der Waals surface area (Å²) in [6.07, 6.45) is 4.01. The van der Waals surface area contributed by atoms with Gasteiger partial charge in [-0.25, -0.2) is 4.98 Å². The summed E-state index contributed by atoms with van der Waals surface area (Å²) in [5.74, 6) is 2.65. The van der Waals surface area contributed by atoms with E-state index in [0.717, 1.165) is 61.4 Å². The number of carbonyl (C=O) groups is 1. The molecule has 1 heterocycles. The summed E-state index contributed by atoms with van der Waals surface area (Å²) in [5.41, 5.74) is 3.18. The van der Waals surface area contributed by atoms with E-state index in [-0.39, 0.29) is 11.3 Å². The number of imidazole rings is 1. The number of nitrogens with one attached hydrogen (secondary N) is 1. The van der Waals surface area contributed by atoms with Crippen LogP contribution in [0.3, 0.4) is 0 Å². The summed E-state index contributed by atoms with van der Waals surface area (Å²) < 4.78 is 8.33. The Morgan fingerprint density at radius 3 is 2.45 bits per heavy atom. The summed E-state index contributed by atoms with van der Waals surface area (Å²) in [5, 5.41) is 3.03. The van der Waals surface area contributed by atoms with Gasteiger partial charge in [0.05, 0.1) is 17.6 Å². The minimum absolute atomic E-state index is 0.114. The molecule has 33 heavy (non-hydrogen) atoms. The van der Waals surface area contributed by atoms with Crippen LogP contribution in [-0.2, 0) is 17.8 Å². The van der Waals surface area contributed by atoms with Crippen LogP contribution in [0.2, 0.25) is 0 Å². The number of unbranched alkanes of at least 4 members (excludes halogenated alkanes) is 2. The topological polar surface area (TPSA) is 56.1 Å². The fourth-order valence-electron chi connectivity index (χ4n) is 3.82. The predicted octanol–water partition coefficient (Wildman–Crippen LogP) is 6.11. The van der Waals surface area contributed by atoms with Crippen molar-refractivity contribution in [1.82, 2.24) is 14.9 Å². The molecule has 0 radical (unpaired) electrons. The first kappa shape index (κ1) is 24.8. The lowest BCUT2D eigenvalue weighted by atomic mass is 9.96. The molecule has 0 unspecified atom stereocenters. The molecule has 0 saturated heterocycles. The molecule has 0 saturated carbocycles. The Bertz CT molecular complexity index is 1030. The van der Waals surface area contributed by atoms with Gasteiger partial charge < -0.3 is 14.6 Å². The van der Waals surface area contributed by atoms with Gasteiger partial charge in [-0.05, 0) is 48.6 Å². The third-order valence-electron chi connectivity index (χ3n) is 5.91. The Hall–Kier alpha value is -2.82. The van der Waals surface area contributed by atoms with Crippen LogP contribution in [0.5, 0.6) is 5.75 Å². The number of rotatable bonds is 11. The van der Waals surface area contributed by atoms with E-state index < -0.39 is 0 Å². The number of para-hydroxylation sites is 2. The first-order valence-electron chi connectivity index (χ1n) is 12.2. The lowest BCUT2D eigenvalue weighted by Gasteiger charge is -2.17. The zero-order valence-electron chi connectivity index (χ0n) is 20.9. The molecular formula is C28H39N3O2. The van der Waals surface area contributed by atoms with Gasteiger partial charge in [-0.2, -0.15) is 0 Å². The van der Waals surface area contributed by atoms with Crippen LogP contribution in [0.4, 0.5) is 0 Å². The monoisotopic (exact) mass is 449 g/mol. The maximum atomic E-state index is 12.0. The highest BCUT2D eigenvalue weighted by molar-refractivity contribution is 5.81. The van der Waals surface area contributed by atoms with Crippen molar-refractivity contribution in [2.45, 2.75) is 72.8 Å². The Kier molecular flexibility index (Phi) is 8.54. The van der Waals surface area contributed by atoms with Crippen molar-refractivity contribution in [2.75, 3.05) is 13.2 Å². The molecule has 1 aromatic heterocycles. The van der Waals surface area contributed by atoms with E-state index in [0.29, 0.717) is 12.5 Å². The van der Waals surface area contributed by atoms with Crippen molar-refractivity contribution in [1.29, 1.82) is 0 Å². The van der Waals surface area contributed by atoms with Gasteiger partial charge in [0.1, 0.15) is 18.2 Å². The minimum atomic E-state index is -0.330. The summed E-state index contributed by atoms with van der Waals surface area (Å²) in [4.78, 5) is 16.9. The van der Waals surface area contributed by atoms with Gasteiger partial charge in [-0.3, -0.25) is 4.79 Å². The van der Waals surface area contributed by atoms with Gasteiger partial charge in [0, 0.05) is 18.4 Å². The van der Waals surface area contributed by atoms with Crippen LogP contribution >= 0.6 is 0 Å². The second kappa shape index (κ2) is 11.4. The van der Waals surface area contributed by atoms with E-state index in [1.807, 2.05) is 26.8 Å². The van der Waals surface area contributed by atoms with Crippen molar-refractivity contribution >= 4 is 16.9 Å². The Balaban J connectivity index is 1.53. The zero-order valence-corrected chi connectivity index (χ0v) is 20.9. The van der Waals surface area contributed by atoms with Crippen LogP contribution in [0.25, 0.3) is 11.0 Å². The fraction of sp³-hybridized carbons (Fsp3) is 0.500. The van der Waals surface area contributed by atoms with Crippen LogP contribution in [0.15, 0.2) is 48.5 Å². The number of fused-ring (bicyclic) bond motifs is 1. The molecule has 0 spiro atoms. The average Bonchev–Trinajstić information content (AvgIpc) is 3.13. The summed E-state index contributed by atoms with van der Waals surface area (Å²) >= 11 is 0. The second-order valence-corrected chi connectivity index (χ2v) is 10.1. The molecule has 2 aromatic carbocycles. The van der Waals surface area contributed by atoms with E-state index in [1.54, 1.807) is 0 Å². The first-order valence-corrected chi connectivity index (χ1v) is 12.2. The molecule has 0 atom stereocenters. The van der Waals surface area contributed by atoms with E-state index in [2.05, 4.69) is 66.2 Å². The number of aromatic nitrogens is 2. The third-order valence-corrected chi connectivity index (χ3v) is 5.91. The Morgan fingerprint density at radius 1 is 1.03 bits per heavy atom. The lowest BCUT2D eigenvalue weighted by molar-refractivity contribution is -0.128. The van der Waals surface area contributed by atoms with Gasteiger partial charge in [-0.15, -0.1) is 0 Å². The molecule has 0 aliphatic heterocycles. The molecule has 3 aromatic rings. The van der Waals surface area contributed by atoms with Crippen molar-refractivity contribution in [3.8, 4) is 5.75 Å². The third kappa shape index (κ3) is 7.08. The number of carbonyl (C=O) groups excluding carboxylic acids is 1. The summed E-state index contributed by atoms with van der Waals surface area (Å²) in [6, 6.07) is 16.7. The van der Waals surface area contributed by atoms with Crippen LogP contribution < -0.4 is 10.1 Å². The predicted molar refractivity (Wildman–Crippen MR) is 136 cm³/mol. The standard InChI is InChI=1S/C28H39N3O2/c1-21(2)22-14-16-23(17-15-22)33-20-19-31-25-12-9-8-11-24(25)30-26(31)13-7-6-10-18-29-27(32)28(3,4)5/h8-9,11-12,14-17,21H,6-7,10,13,18-20H2,1-5H3,(H,29,32). The molecule has 1 amide bonds. The molecular weight excluding hydrogens is 410 g/mol. The first-order chi connectivity index (χ1) is 15.8. The van der Waals surface area contributed by atoms with Crippen molar-refractivity contribution in [2.24, 2.45) is 5.41 Å². The SMILES string of the molecule is CC(C)c1ccc(OCCn2c(CCCCCNC(=O)C(C)(C)C)nc3ccccc32)cc1. The quantitative estimate of drug-likeness (QED) is 0.359. The summed E-state index contributed by atoms with van der Waals surface area (Å²) in [6.45, 7) is 12.3. The number of amides is 1. The van der Waals surface area contributed by atoms with Gasteiger partial charge in [0.25, 0.3) is 0 Å². The number of nitrogens with zero attached hydrogens (tertiary/aromatic N) is 2. The molecule has 3 rings (SSSR count).